The molecule has 1 aromatic heterocycles. The highest BCUT2D eigenvalue weighted by Gasteiger charge is 2.25. The Bertz CT molecular complexity index is 812. The van der Waals surface area contributed by atoms with Crippen molar-refractivity contribution in [2.24, 2.45) is 12.1 Å². The van der Waals surface area contributed by atoms with E-state index in [-0.39, 0.29) is 11.4 Å². The largest absolute Gasteiger partial charge is 0.320 e. The van der Waals surface area contributed by atoms with E-state index >= 15 is 0 Å². The van der Waals surface area contributed by atoms with Crippen molar-refractivity contribution in [1.82, 2.24) is 15.2 Å². The highest BCUT2D eigenvalue weighted by atomic mass is 16.6. The SMILES string of the molecule is Cn1ncc([N+](=O)[O-])c1C(=O)N/N=C\c1cccc([N+](=O)[O-])c1. The van der Waals surface area contributed by atoms with E-state index < -0.39 is 21.4 Å². The van der Waals surface area contributed by atoms with Crippen LogP contribution in [-0.2, 0) is 7.05 Å². The quantitative estimate of drug-likeness (QED) is 0.494. The van der Waals surface area contributed by atoms with Gasteiger partial charge < -0.3 is 0 Å². The van der Waals surface area contributed by atoms with Gasteiger partial charge in [0.2, 0.25) is 5.69 Å². The summed E-state index contributed by atoms with van der Waals surface area (Å²) in [5.74, 6) is -0.821. The highest BCUT2D eigenvalue weighted by Crippen LogP contribution is 2.16. The van der Waals surface area contributed by atoms with Gasteiger partial charge in [-0.15, -0.1) is 0 Å². The number of nitrogens with one attached hydrogen (secondary N) is 1. The van der Waals surface area contributed by atoms with Crippen LogP contribution >= 0.6 is 0 Å². The van der Waals surface area contributed by atoms with Crippen molar-refractivity contribution in [1.29, 1.82) is 0 Å². The Hall–Kier alpha value is -3.63. The number of amides is 1. The van der Waals surface area contributed by atoms with Gasteiger partial charge in [0.05, 0.1) is 16.1 Å². The number of hydrazone groups is 1. The molecule has 11 heteroatoms. The first kappa shape index (κ1) is 15.8. The maximum atomic E-state index is 11.9. The molecule has 1 N–H and O–H groups in total. The predicted octanol–water partition coefficient (Wildman–Crippen LogP) is 1.00. The number of hydrogen-bond acceptors (Lipinski definition) is 7. The molecule has 1 aromatic carbocycles. The van der Waals surface area contributed by atoms with E-state index in [1.165, 1.54) is 31.5 Å². The second-order valence-corrected chi connectivity index (χ2v) is 4.31. The number of carbonyl (C=O) groups excluding carboxylic acids is 1. The van der Waals surface area contributed by atoms with Crippen LogP contribution in [-0.4, -0.2) is 31.7 Å². The maximum Gasteiger partial charge on any atom is 0.320 e. The van der Waals surface area contributed by atoms with E-state index in [0.29, 0.717) is 5.56 Å². The van der Waals surface area contributed by atoms with Crippen LogP contribution < -0.4 is 5.43 Å². The van der Waals surface area contributed by atoms with Gasteiger partial charge in [-0.2, -0.15) is 10.2 Å². The summed E-state index contributed by atoms with van der Waals surface area (Å²) < 4.78 is 1.05. The van der Waals surface area contributed by atoms with Gasteiger partial charge in [-0.1, -0.05) is 12.1 Å². The zero-order chi connectivity index (χ0) is 17.0. The molecule has 0 atom stereocenters. The number of aryl methyl sites for hydroxylation is 1. The molecule has 0 aliphatic heterocycles. The fourth-order valence-electron chi connectivity index (χ4n) is 1.76. The summed E-state index contributed by atoms with van der Waals surface area (Å²) in [4.78, 5) is 32.1. The second-order valence-electron chi connectivity index (χ2n) is 4.31. The van der Waals surface area contributed by atoms with Crippen LogP contribution in [0.4, 0.5) is 11.4 Å². The third-order valence-electron chi connectivity index (χ3n) is 2.79. The van der Waals surface area contributed by atoms with Crippen molar-refractivity contribution in [2.75, 3.05) is 0 Å². The Morgan fingerprint density at radius 1 is 1.35 bits per heavy atom. The van der Waals surface area contributed by atoms with E-state index in [2.05, 4.69) is 15.6 Å². The van der Waals surface area contributed by atoms with Crippen LogP contribution in [0.2, 0.25) is 0 Å². The van der Waals surface area contributed by atoms with Gasteiger partial charge in [0.1, 0.15) is 6.20 Å². The average molecular weight is 318 g/mol. The molecule has 2 rings (SSSR count). The number of hydrogen-bond donors (Lipinski definition) is 1. The summed E-state index contributed by atoms with van der Waals surface area (Å²) in [6.45, 7) is 0. The molecule has 118 valence electrons. The van der Waals surface area contributed by atoms with E-state index in [1.807, 2.05) is 0 Å². The van der Waals surface area contributed by atoms with Gasteiger partial charge in [0.25, 0.3) is 11.6 Å². The number of nitro benzene ring substituents is 1. The van der Waals surface area contributed by atoms with Crippen molar-refractivity contribution in [3.05, 3.63) is 61.9 Å². The highest BCUT2D eigenvalue weighted by molar-refractivity contribution is 5.96. The summed E-state index contributed by atoms with van der Waals surface area (Å²) in [5.41, 5.74) is 1.67. The Morgan fingerprint density at radius 3 is 2.74 bits per heavy atom. The van der Waals surface area contributed by atoms with E-state index in [9.17, 15) is 25.0 Å². The average Bonchev–Trinajstić information content (AvgIpc) is 2.89. The number of non-ortho nitro benzene ring substituents is 1. The fraction of sp³-hybridized carbons (Fsp3) is 0.0833. The molecule has 1 amide bonds. The molecule has 0 aliphatic rings. The normalized spacial score (nSPS) is 10.7. The van der Waals surface area contributed by atoms with Crippen molar-refractivity contribution in [3.8, 4) is 0 Å². The first-order chi connectivity index (χ1) is 10.9. The van der Waals surface area contributed by atoms with Crippen LogP contribution in [0.3, 0.4) is 0 Å². The molecule has 0 saturated heterocycles. The summed E-state index contributed by atoms with van der Waals surface area (Å²) in [5, 5.41) is 28.7. The van der Waals surface area contributed by atoms with Crippen LogP contribution in [0.25, 0.3) is 0 Å². The van der Waals surface area contributed by atoms with Crippen LogP contribution in [0.5, 0.6) is 0 Å². The lowest BCUT2D eigenvalue weighted by atomic mass is 10.2. The molecule has 0 unspecified atom stereocenters. The Kier molecular flexibility index (Phi) is 4.40. The van der Waals surface area contributed by atoms with Gasteiger partial charge in [-0.3, -0.25) is 29.7 Å². The number of carbonyl (C=O) groups is 1. The van der Waals surface area contributed by atoms with E-state index in [1.54, 1.807) is 6.07 Å². The van der Waals surface area contributed by atoms with E-state index in [0.717, 1.165) is 10.9 Å². The Labute approximate surface area is 128 Å². The smallest absolute Gasteiger partial charge is 0.265 e. The van der Waals surface area contributed by atoms with Crippen molar-refractivity contribution in [2.45, 2.75) is 0 Å². The summed E-state index contributed by atoms with van der Waals surface area (Å²) in [6.07, 6.45) is 2.15. The fourth-order valence-corrected chi connectivity index (χ4v) is 1.76. The van der Waals surface area contributed by atoms with Crippen molar-refractivity contribution in [3.63, 3.8) is 0 Å². The molecule has 1 heterocycles. The zero-order valence-electron chi connectivity index (χ0n) is 11.7. The maximum absolute atomic E-state index is 11.9. The van der Waals surface area contributed by atoms with Gasteiger partial charge >= 0.3 is 5.69 Å². The summed E-state index contributed by atoms with van der Waals surface area (Å²) in [6, 6.07) is 5.60. The zero-order valence-corrected chi connectivity index (χ0v) is 11.7. The first-order valence-corrected chi connectivity index (χ1v) is 6.14. The lowest BCUT2D eigenvalue weighted by Crippen LogP contribution is -2.22. The lowest BCUT2D eigenvalue weighted by molar-refractivity contribution is -0.385. The monoisotopic (exact) mass is 318 g/mol. The minimum Gasteiger partial charge on any atom is -0.265 e. The van der Waals surface area contributed by atoms with Crippen LogP contribution in [0, 0.1) is 20.2 Å². The number of rotatable bonds is 5. The molecule has 11 nitrogen and oxygen atoms in total. The topological polar surface area (TPSA) is 146 Å². The molecule has 0 radical (unpaired) electrons. The lowest BCUT2D eigenvalue weighted by Gasteiger charge is -2.00. The molecule has 0 bridgehead atoms. The molecule has 0 fully saturated rings. The molecule has 23 heavy (non-hydrogen) atoms. The Balaban J connectivity index is 2.13. The second kappa shape index (κ2) is 6.43. The molecule has 0 saturated carbocycles. The number of aromatic nitrogens is 2. The first-order valence-electron chi connectivity index (χ1n) is 6.14. The minimum atomic E-state index is -0.821. The van der Waals surface area contributed by atoms with Gasteiger partial charge in [-0.25, -0.2) is 5.43 Å². The molecule has 0 aliphatic carbocycles. The standard InChI is InChI=1S/C12H10N6O5/c1-16-11(10(7-14-16)18(22)23)12(19)15-13-6-8-3-2-4-9(5-8)17(20)21/h2-7H,1H3,(H,15,19)/b13-6-. The minimum absolute atomic E-state index is 0.123. The van der Waals surface area contributed by atoms with Gasteiger partial charge in [0.15, 0.2) is 0 Å². The predicted molar refractivity (Wildman–Crippen MR) is 78.0 cm³/mol. The van der Waals surface area contributed by atoms with Crippen LogP contribution in [0.1, 0.15) is 16.1 Å². The van der Waals surface area contributed by atoms with Crippen molar-refractivity contribution >= 4 is 23.5 Å². The Morgan fingerprint density at radius 2 is 2.09 bits per heavy atom. The van der Waals surface area contributed by atoms with Crippen LogP contribution in [0.15, 0.2) is 35.6 Å². The summed E-state index contributed by atoms with van der Waals surface area (Å²) in [7, 11) is 1.38. The molecular formula is C12H10N6O5. The molecule has 0 spiro atoms. The molecule has 2 aromatic rings. The third-order valence-corrected chi connectivity index (χ3v) is 2.79. The van der Waals surface area contributed by atoms with Gasteiger partial charge in [-0.05, 0) is 0 Å². The van der Waals surface area contributed by atoms with Gasteiger partial charge in [0, 0.05) is 24.7 Å². The van der Waals surface area contributed by atoms with E-state index in [4.69, 9.17) is 0 Å². The van der Waals surface area contributed by atoms with Crippen molar-refractivity contribution < 1.29 is 14.6 Å². The summed E-state index contributed by atoms with van der Waals surface area (Å²) >= 11 is 0. The number of nitro groups is 2. The number of nitrogens with zero attached hydrogens (tertiary/aromatic N) is 5. The molecular weight excluding hydrogens is 308 g/mol. The third kappa shape index (κ3) is 3.53. The number of benzene rings is 1.